The second kappa shape index (κ2) is 28.6. The molecule has 20 heteroatoms. The van der Waals surface area contributed by atoms with Crippen LogP contribution in [0.25, 0.3) is 44.8 Å². The summed E-state index contributed by atoms with van der Waals surface area (Å²) in [6.45, 7) is 15.2. The third kappa shape index (κ3) is 13.8. The Morgan fingerprint density at radius 3 is 0.947 bits per heavy atom. The SMILES string of the molecule is C=CCOC(=O)CCC1=c2ccc([nH]2)=C(C#CC#CC2=c3ccc([nH]3)=C(CCC(=O)OCC=C)c3ccc([nH]3)C(n3ccnc3)=c3ccc([nH]3)=C(CCC(=O)OCC=C)c3ccc2[nH]3)c2ccc([nH]2)C(CCC(=O)OCC=C)=c2ccc([nH]2)=C(n2ccnc2)c2ccc1[nH]2. The molecule has 10 aromatic rings. The smallest absolute Gasteiger partial charge is 0.306 e. The van der Waals surface area contributed by atoms with E-state index >= 15 is 0 Å². The van der Waals surface area contributed by atoms with E-state index in [2.05, 4.69) is 99.8 Å². The second-order valence-electron chi connectivity index (χ2n) is 22.0. The molecule has 0 unspecified atom stereocenters. The van der Waals surface area contributed by atoms with Gasteiger partial charge in [0.05, 0.1) is 79.4 Å². The summed E-state index contributed by atoms with van der Waals surface area (Å²) in [6.07, 6.45) is 18.3. The Morgan fingerprint density at radius 1 is 0.362 bits per heavy atom. The Kier molecular flexibility index (Phi) is 18.8. The molecule has 10 aromatic heterocycles. The lowest BCUT2D eigenvalue weighted by Crippen LogP contribution is -2.20. The Labute approximate surface area is 538 Å². The molecule has 12 heterocycles. The summed E-state index contributed by atoms with van der Waals surface area (Å²) in [7, 11) is 0. The number of esters is 4. The van der Waals surface area contributed by atoms with E-state index in [4.69, 9.17) is 18.9 Å². The van der Waals surface area contributed by atoms with E-state index < -0.39 is 0 Å². The lowest BCUT2D eigenvalue weighted by Gasteiger charge is -2.09. The summed E-state index contributed by atoms with van der Waals surface area (Å²) < 4.78 is 25.6. The van der Waals surface area contributed by atoms with Gasteiger partial charge >= 0.3 is 23.9 Å². The molecule has 0 amide bonds. The maximum Gasteiger partial charge on any atom is 0.306 e. The minimum absolute atomic E-state index is 0.0829. The van der Waals surface area contributed by atoms with E-state index in [0.717, 1.165) is 99.9 Å². The number of rotatable bonds is 22. The fourth-order valence-electron chi connectivity index (χ4n) is 11.5. The van der Waals surface area contributed by atoms with Gasteiger partial charge < -0.3 is 68.0 Å². The highest BCUT2D eigenvalue weighted by Crippen LogP contribution is 2.26. The van der Waals surface area contributed by atoms with Crippen LogP contribution in [0.15, 0.2) is 185 Å². The highest BCUT2D eigenvalue weighted by atomic mass is 16.5. The van der Waals surface area contributed by atoms with Crippen LogP contribution >= 0.6 is 0 Å². The predicted molar refractivity (Wildman–Crippen MR) is 356 cm³/mol. The van der Waals surface area contributed by atoms with Gasteiger partial charge in [0, 0.05) is 94.6 Å². The summed E-state index contributed by atoms with van der Waals surface area (Å²) in [5.74, 6) is 11.8. The lowest BCUT2D eigenvalue weighted by molar-refractivity contribution is -0.143. The summed E-state index contributed by atoms with van der Waals surface area (Å²) >= 11 is 0. The normalized spacial score (nSPS) is 12.6. The predicted octanol–water partition coefficient (Wildman–Crippen LogP) is 4.68. The van der Waals surface area contributed by atoms with Crippen LogP contribution in [0.3, 0.4) is 0 Å². The maximum atomic E-state index is 13.2. The quantitative estimate of drug-likeness (QED) is 0.0201. The van der Waals surface area contributed by atoms with Gasteiger partial charge in [-0.1, -0.05) is 50.6 Å². The zero-order valence-corrected chi connectivity index (χ0v) is 51.4. The number of hydrogen-bond donors (Lipinski definition) is 8. The number of carbonyl (C=O) groups is 4. The van der Waals surface area contributed by atoms with Crippen LogP contribution in [0.5, 0.6) is 0 Å². The fourth-order valence-corrected chi connectivity index (χ4v) is 11.5. The first-order valence-corrected chi connectivity index (χ1v) is 30.6. The van der Waals surface area contributed by atoms with Gasteiger partial charge in [-0.25, -0.2) is 9.97 Å². The molecule has 12 rings (SSSR count). The van der Waals surface area contributed by atoms with E-state index in [1.54, 1.807) is 25.0 Å². The Balaban J connectivity index is 1.05. The molecule has 0 aromatic carbocycles. The van der Waals surface area contributed by atoms with Crippen LogP contribution in [0.2, 0.25) is 0 Å². The van der Waals surface area contributed by atoms with Gasteiger partial charge in [0.15, 0.2) is 0 Å². The second-order valence-corrected chi connectivity index (χ2v) is 22.0. The van der Waals surface area contributed by atoms with Crippen molar-refractivity contribution in [3.8, 4) is 23.7 Å². The lowest BCUT2D eigenvalue weighted by atomic mass is 10.1. The molecule has 8 N–H and O–H groups in total. The molecule has 0 aliphatic carbocycles. The molecule has 0 fully saturated rings. The highest BCUT2D eigenvalue weighted by molar-refractivity contribution is 5.83. The first-order chi connectivity index (χ1) is 46.1. The number of carbonyl (C=O) groups excluding carboxylic acids is 4. The van der Waals surface area contributed by atoms with E-state index in [1.165, 1.54) is 24.3 Å². The molecular formula is C74H66N12O8. The monoisotopic (exact) mass is 1250 g/mol. The molecule has 0 atom stereocenters. The number of hydrogen-bond acceptors (Lipinski definition) is 10. The molecule has 2 aliphatic rings. The number of nitrogens with one attached hydrogen (secondary N) is 8. The summed E-state index contributed by atoms with van der Waals surface area (Å²) in [5.41, 5.74) is 11.7. The van der Waals surface area contributed by atoms with Gasteiger partial charge in [-0.2, -0.15) is 0 Å². The van der Waals surface area contributed by atoms with Gasteiger partial charge in [0.1, 0.15) is 26.4 Å². The molecule has 94 heavy (non-hydrogen) atoms. The van der Waals surface area contributed by atoms with Crippen molar-refractivity contribution < 1.29 is 38.1 Å². The third-order valence-corrected chi connectivity index (χ3v) is 15.9. The van der Waals surface area contributed by atoms with Crippen molar-refractivity contribution in [2.24, 2.45) is 0 Å². The summed E-state index contributed by atoms with van der Waals surface area (Å²) in [5, 5.41) is 5.79. The number of H-pyrrole nitrogens is 8. The third-order valence-electron chi connectivity index (χ3n) is 15.9. The van der Waals surface area contributed by atoms with E-state index in [1.807, 2.05) is 119 Å². The molecule has 0 radical (unpaired) electrons. The van der Waals surface area contributed by atoms with E-state index in [-0.39, 0.29) is 76.0 Å². The Bertz CT molecular complexity index is 4920. The topological polar surface area (TPSA) is 267 Å². The average molecular weight is 1250 g/mol. The largest absolute Gasteiger partial charge is 0.461 e. The van der Waals surface area contributed by atoms with Crippen molar-refractivity contribution in [1.82, 2.24) is 59.0 Å². The first-order valence-electron chi connectivity index (χ1n) is 30.6. The molecular weight excluding hydrogens is 1180 g/mol. The van der Waals surface area contributed by atoms with Crippen molar-refractivity contribution in [1.29, 1.82) is 0 Å². The van der Waals surface area contributed by atoms with Gasteiger partial charge in [0.2, 0.25) is 0 Å². The van der Waals surface area contributed by atoms with Gasteiger partial charge in [-0.3, -0.25) is 19.2 Å². The average Bonchev–Trinajstić information content (AvgIpc) is 1.65. The number of ether oxygens (including phenoxy) is 4. The van der Waals surface area contributed by atoms with Crippen molar-refractivity contribution in [3.05, 3.63) is 273 Å². The standard InChI is InChI=1S/C74H66N12O8/c1-5-41-91-69(87)33-13-49-57-21-17-53(77-57)47(54-18-22-58(78-54)50(14-34-70(88)92-42-6-2)62-26-30-66(82-62)73(85-39-37-75-45-85)65-29-25-61(49)81-65)11-9-10-12-48-55-19-23-59(79-55)51(15-35-71(89)93-43-7-3)63-27-31-67(83-63)74(86-40-38-76-46-86)68-32-28-64(84-68)52(60-24-20-56(48)80-60)16-36-72(90)94-44-8-4/h5-8,17-32,37-40,45-46,77-84H,1-4,13-16,33-36,41-44H2. The van der Waals surface area contributed by atoms with Crippen molar-refractivity contribution in [3.63, 3.8) is 0 Å². The summed E-state index contributed by atoms with van der Waals surface area (Å²) in [6, 6.07) is 31.5. The first kappa shape index (κ1) is 61.8. The van der Waals surface area contributed by atoms with Gasteiger partial charge in [-0.15, -0.1) is 0 Å². The van der Waals surface area contributed by atoms with Gasteiger partial charge in [0.25, 0.3) is 0 Å². The highest BCUT2D eigenvalue weighted by Gasteiger charge is 2.21. The minimum atomic E-state index is -0.376. The maximum absolute atomic E-state index is 13.2. The Hall–Kier alpha value is -12.4. The molecule has 0 saturated carbocycles. The van der Waals surface area contributed by atoms with E-state index in [0.29, 0.717) is 58.9 Å². The molecule has 470 valence electrons. The van der Waals surface area contributed by atoms with Crippen LogP contribution in [-0.2, 0) is 38.1 Å². The number of aromatic amines is 8. The zero-order valence-electron chi connectivity index (χ0n) is 51.4. The molecule has 0 saturated heterocycles. The van der Waals surface area contributed by atoms with Crippen molar-refractivity contribution in [2.75, 3.05) is 26.4 Å². The number of fused-ring (bicyclic) bond motifs is 16. The fraction of sp³-hybridized carbons (Fsp3) is 0.162. The van der Waals surface area contributed by atoms with Crippen LogP contribution in [0.1, 0.15) is 96.9 Å². The van der Waals surface area contributed by atoms with Gasteiger partial charge in [-0.05, 0) is 169 Å². The number of aromatic nitrogens is 12. The van der Waals surface area contributed by atoms with Crippen molar-refractivity contribution in [2.45, 2.75) is 51.4 Å². The molecule has 20 nitrogen and oxygen atoms in total. The Morgan fingerprint density at radius 2 is 0.638 bits per heavy atom. The van der Waals surface area contributed by atoms with Crippen LogP contribution in [0.4, 0.5) is 0 Å². The van der Waals surface area contributed by atoms with Crippen LogP contribution < -0.4 is 42.8 Å². The molecule has 16 bridgehead atoms. The minimum Gasteiger partial charge on any atom is -0.461 e. The van der Waals surface area contributed by atoms with E-state index in [9.17, 15) is 19.2 Å². The number of imidazole rings is 2. The van der Waals surface area contributed by atoms with Crippen LogP contribution in [-0.4, -0.2) is 109 Å². The molecule has 0 spiro atoms. The zero-order chi connectivity index (χ0) is 64.9. The molecule has 2 aliphatic heterocycles. The number of nitrogens with zero attached hydrogens (tertiary/aromatic N) is 4. The van der Waals surface area contributed by atoms with Crippen LogP contribution in [0, 0.1) is 23.7 Å². The van der Waals surface area contributed by atoms with Crippen molar-refractivity contribution >= 4 is 68.7 Å². The summed E-state index contributed by atoms with van der Waals surface area (Å²) in [4.78, 5) is 90.7.